The lowest BCUT2D eigenvalue weighted by Crippen LogP contribution is -2.33. The first kappa shape index (κ1) is 15.8. The van der Waals surface area contributed by atoms with Crippen molar-refractivity contribution in [2.45, 2.75) is 13.0 Å². The van der Waals surface area contributed by atoms with Gasteiger partial charge in [0.25, 0.3) is 11.5 Å². The minimum atomic E-state index is -0.561. The fourth-order valence-corrected chi connectivity index (χ4v) is 2.84. The third kappa shape index (κ3) is 3.30. The van der Waals surface area contributed by atoms with Gasteiger partial charge in [-0.15, -0.1) is 10.2 Å². The Morgan fingerprint density at radius 3 is 2.67 bits per heavy atom. The van der Waals surface area contributed by atoms with E-state index < -0.39 is 17.5 Å². The quantitative estimate of drug-likeness (QED) is 0.650. The van der Waals surface area contributed by atoms with Crippen LogP contribution in [0.1, 0.15) is 32.8 Å². The van der Waals surface area contributed by atoms with Crippen LogP contribution in [0.25, 0.3) is 0 Å². The minimum absolute atomic E-state index is 0.0704. The molecule has 0 saturated heterocycles. The van der Waals surface area contributed by atoms with Crippen molar-refractivity contribution >= 4 is 22.4 Å². The van der Waals surface area contributed by atoms with Crippen LogP contribution in [0.3, 0.4) is 0 Å². The van der Waals surface area contributed by atoms with E-state index >= 15 is 0 Å². The second kappa shape index (κ2) is 6.59. The summed E-state index contributed by atoms with van der Waals surface area (Å²) < 4.78 is 0. The lowest BCUT2D eigenvalue weighted by atomic mass is 10.1. The Labute approximate surface area is 140 Å². The number of nitrogens with zero attached hydrogens (tertiary/aromatic N) is 3. The predicted octanol–water partition coefficient (Wildman–Crippen LogP) is 1.03. The van der Waals surface area contributed by atoms with Crippen LogP contribution in [0.5, 0.6) is 0 Å². The maximum absolute atomic E-state index is 12.5. The summed E-state index contributed by atoms with van der Waals surface area (Å²) >= 11 is 1.17. The lowest BCUT2D eigenvalue weighted by Gasteiger charge is -2.16. The number of anilines is 1. The van der Waals surface area contributed by atoms with Gasteiger partial charge in [0.2, 0.25) is 5.13 Å². The molecule has 1 atom stereocenters. The SMILES string of the molecule is Cc1ncc(C(=O)N[C@H](c2ccccc2)c2nnc(N)s2)c(=O)[nH]1. The van der Waals surface area contributed by atoms with Gasteiger partial charge in [0.1, 0.15) is 22.4 Å². The average Bonchev–Trinajstić information content (AvgIpc) is 2.99. The molecule has 0 bridgehead atoms. The molecule has 3 aromatic rings. The van der Waals surface area contributed by atoms with Crippen molar-refractivity contribution in [1.29, 1.82) is 0 Å². The molecular formula is C15H14N6O2S. The Balaban J connectivity index is 1.95. The highest BCUT2D eigenvalue weighted by Crippen LogP contribution is 2.26. The van der Waals surface area contributed by atoms with E-state index in [0.29, 0.717) is 16.0 Å². The number of aromatic amines is 1. The molecule has 0 unspecified atom stereocenters. The molecule has 0 radical (unpaired) electrons. The molecule has 4 N–H and O–H groups in total. The number of nitrogens with two attached hydrogens (primary N) is 1. The van der Waals surface area contributed by atoms with E-state index in [2.05, 4.69) is 25.5 Å². The van der Waals surface area contributed by atoms with E-state index in [1.807, 2.05) is 30.3 Å². The molecule has 3 rings (SSSR count). The molecular weight excluding hydrogens is 328 g/mol. The summed E-state index contributed by atoms with van der Waals surface area (Å²) in [5, 5.41) is 11.4. The summed E-state index contributed by atoms with van der Waals surface area (Å²) in [5.74, 6) is -0.112. The van der Waals surface area contributed by atoms with E-state index in [9.17, 15) is 9.59 Å². The normalized spacial score (nSPS) is 11.9. The van der Waals surface area contributed by atoms with Crippen LogP contribution in [-0.2, 0) is 0 Å². The third-order valence-electron chi connectivity index (χ3n) is 3.28. The molecule has 0 aliphatic rings. The number of hydrogen-bond donors (Lipinski definition) is 3. The van der Waals surface area contributed by atoms with Crippen molar-refractivity contribution in [3.05, 3.63) is 68.8 Å². The molecule has 0 saturated carbocycles. The van der Waals surface area contributed by atoms with Gasteiger partial charge in [0.05, 0.1) is 0 Å². The van der Waals surface area contributed by atoms with Gasteiger partial charge in [0, 0.05) is 6.20 Å². The Bertz CT molecular complexity index is 921. The Kier molecular flexibility index (Phi) is 4.34. The molecule has 122 valence electrons. The van der Waals surface area contributed by atoms with Crippen LogP contribution >= 0.6 is 11.3 Å². The molecule has 24 heavy (non-hydrogen) atoms. The number of carbonyl (C=O) groups excluding carboxylic acids is 1. The van der Waals surface area contributed by atoms with Crippen molar-refractivity contribution in [3.8, 4) is 0 Å². The number of H-pyrrole nitrogens is 1. The fourth-order valence-electron chi connectivity index (χ4n) is 2.15. The Morgan fingerprint density at radius 2 is 2.04 bits per heavy atom. The van der Waals surface area contributed by atoms with Crippen LogP contribution in [0.4, 0.5) is 5.13 Å². The zero-order valence-corrected chi connectivity index (χ0v) is 13.5. The third-order valence-corrected chi connectivity index (χ3v) is 4.10. The standard InChI is InChI=1S/C15H14N6O2S/c1-8-17-7-10(12(22)18-8)13(23)19-11(9-5-3-2-4-6-9)14-20-21-15(16)24-14/h2-7,11H,1H3,(H2,16,21)(H,19,23)(H,17,18,22)/t11-/m1/s1. The molecule has 0 fully saturated rings. The van der Waals surface area contributed by atoms with Gasteiger partial charge in [-0.25, -0.2) is 4.98 Å². The van der Waals surface area contributed by atoms with E-state index in [0.717, 1.165) is 5.56 Å². The first-order valence-electron chi connectivity index (χ1n) is 7.05. The number of nitrogens with one attached hydrogen (secondary N) is 2. The van der Waals surface area contributed by atoms with Gasteiger partial charge >= 0.3 is 0 Å². The topological polar surface area (TPSA) is 127 Å². The molecule has 8 nitrogen and oxygen atoms in total. The van der Waals surface area contributed by atoms with Crippen molar-refractivity contribution in [3.63, 3.8) is 0 Å². The Morgan fingerprint density at radius 1 is 1.29 bits per heavy atom. The molecule has 0 aliphatic heterocycles. The molecule has 2 heterocycles. The van der Waals surface area contributed by atoms with Gasteiger partial charge in [-0.3, -0.25) is 9.59 Å². The predicted molar refractivity (Wildman–Crippen MR) is 89.7 cm³/mol. The van der Waals surface area contributed by atoms with Gasteiger partial charge in [-0.1, -0.05) is 41.7 Å². The number of aryl methyl sites for hydroxylation is 1. The number of amides is 1. The molecule has 1 aromatic carbocycles. The van der Waals surface area contributed by atoms with E-state index in [4.69, 9.17) is 5.73 Å². The summed E-state index contributed by atoms with van der Waals surface area (Å²) in [5.41, 5.74) is 5.88. The number of benzene rings is 1. The largest absolute Gasteiger partial charge is 0.374 e. The number of carbonyl (C=O) groups is 1. The van der Waals surface area contributed by atoms with E-state index in [-0.39, 0.29) is 5.56 Å². The van der Waals surface area contributed by atoms with Gasteiger partial charge in [0.15, 0.2) is 0 Å². The van der Waals surface area contributed by atoms with Crippen LogP contribution in [0.2, 0.25) is 0 Å². The first-order chi connectivity index (χ1) is 11.5. The highest BCUT2D eigenvalue weighted by molar-refractivity contribution is 7.15. The van der Waals surface area contributed by atoms with E-state index in [1.54, 1.807) is 6.92 Å². The van der Waals surface area contributed by atoms with Gasteiger partial charge in [-0.2, -0.15) is 0 Å². The van der Waals surface area contributed by atoms with Crippen LogP contribution in [0, 0.1) is 6.92 Å². The zero-order chi connectivity index (χ0) is 17.1. The Hall–Kier alpha value is -3.07. The van der Waals surface area contributed by atoms with Gasteiger partial charge in [-0.05, 0) is 12.5 Å². The smallest absolute Gasteiger partial charge is 0.263 e. The summed E-state index contributed by atoms with van der Waals surface area (Å²) in [6.45, 7) is 1.64. The molecule has 0 aliphatic carbocycles. The highest BCUT2D eigenvalue weighted by atomic mass is 32.1. The van der Waals surface area contributed by atoms with Crippen molar-refractivity contribution in [2.75, 3.05) is 5.73 Å². The van der Waals surface area contributed by atoms with Crippen molar-refractivity contribution in [1.82, 2.24) is 25.5 Å². The van der Waals surface area contributed by atoms with Gasteiger partial charge < -0.3 is 16.0 Å². The number of rotatable bonds is 4. The maximum atomic E-state index is 12.5. The van der Waals surface area contributed by atoms with Crippen molar-refractivity contribution in [2.24, 2.45) is 0 Å². The summed E-state index contributed by atoms with van der Waals surface area (Å²) in [4.78, 5) is 30.9. The van der Waals surface area contributed by atoms with E-state index in [1.165, 1.54) is 17.5 Å². The average molecular weight is 342 g/mol. The zero-order valence-electron chi connectivity index (χ0n) is 12.7. The monoisotopic (exact) mass is 342 g/mol. The minimum Gasteiger partial charge on any atom is -0.374 e. The molecule has 1 amide bonds. The molecule has 9 heteroatoms. The highest BCUT2D eigenvalue weighted by Gasteiger charge is 2.23. The molecule has 2 aromatic heterocycles. The second-order valence-electron chi connectivity index (χ2n) is 5.01. The van der Waals surface area contributed by atoms with Crippen LogP contribution < -0.4 is 16.6 Å². The number of aromatic nitrogens is 4. The van der Waals surface area contributed by atoms with Crippen LogP contribution in [0.15, 0.2) is 41.3 Å². The number of hydrogen-bond acceptors (Lipinski definition) is 7. The molecule has 0 spiro atoms. The first-order valence-corrected chi connectivity index (χ1v) is 7.87. The maximum Gasteiger partial charge on any atom is 0.263 e. The summed E-state index contributed by atoms with van der Waals surface area (Å²) in [6, 6.07) is 8.69. The lowest BCUT2D eigenvalue weighted by molar-refractivity contribution is 0.0941. The number of nitrogen functional groups attached to an aromatic ring is 1. The summed E-state index contributed by atoms with van der Waals surface area (Å²) in [6.07, 6.45) is 1.25. The fraction of sp³-hybridized carbons (Fsp3) is 0.133. The van der Waals surface area contributed by atoms with Crippen LogP contribution in [-0.4, -0.2) is 26.1 Å². The second-order valence-corrected chi connectivity index (χ2v) is 6.05. The summed E-state index contributed by atoms with van der Waals surface area (Å²) in [7, 11) is 0. The van der Waals surface area contributed by atoms with Crippen molar-refractivity contribution < 1.29 is 4.79 Å².